The highest BCUT2D eigenvalue weighted by Crippen LogP contribution is 2.29. The molecule has 4 aromatic rings. The molecule has 3 aromatic heterocycles. The molecule has 1 aromatic carbocycles. The van der Waals surface area contributed by atoms with E-state index < -0.39 is 11.8 Å². The summed E-state index contributed by atoms with van der Waals surface area (Å²) in [5.74, 6) is -0.557. The van der Waals surface area contributed by atoms with E-state index in [9.17, 15) is 9.18 Å². The van der Waals surface area contributed by atoms with Gasteiger partial charge in [0.1, 0.15) is 17.8 Å². The zero-order valence-electron chi connectivity index (χ0n) is 15.2. The fourth-order valence-corrected chi connectivity index (χ4v) is 3.01. The van der Waals surface area contributed by atoms with E-state index in [4.69, 9.17) is 0 Å². The fourth-order valence-electron chi connectivity index (χ4n) is 3.01. The van der Waals surface area contributed by atoms with Crippen molar-refractivity contribution in [3.05, 3.63) is 66.1 Å². The van der Waals surface area contributed by atoms with Crippen LogP contribution in [-0.2, 0) is 0 Å². The first-order valence-corrected chi connectivity index (χ1v) is 8.60. The maximum absolute atomic E-state index is 14.6. The third-order valence-corrected chi connectivity index (χ3v) is 4.31. The first-order chi connectivity index (χ1) is 13.5. The summed E-state index contributed by atoms with van der Waals surface area (Å²) in [6, 6.07) is 7.41. The highest BCUT2D eigenvalue weighted by molar-refractivity contribution is 6.00. The molecule has 7 nitrogen and oxygen atoms in total. The highest BCUT2D eigenvalue weighted by Gasteiger charge is 2.14. The van der Waals surface area contributed by atoms with Crippen LogP contribution < -0.4 is 10.6 Å². The van der Waals surface area contributed by atoms with Crippen molar-refractivity contribution in [1.82, 2.24) is 19.9 Å². The Labute approximate surface area is 160 Å². The van der Waals surface area contributed by atoms with E-state index in [2.05, 4.69) is 30.6 Å². The number of fused-ring (bicyclic) bond motifs is 1. The Morgan fingerprint density at radius 3 is 2.71 bits per heavy atom. The number of amides is 2. The average molecular weight is 376 g/mol. The quantitative estimate of drug-likeness (QED) is 0.493. The molecule has 0 aliphatic heterocycles. The SMILES string of the molecule is Cc1cc(NC(=O)Nc2ccc(-c3ncnc4[nH]cc(C)c34)cc2F)ccn1. The molecule has 3 N–H and O–H groups in total. The number of benzene rings is 1. The summed E-state index contributed by atoms with van der Waals surface area (Å²) in [7, 11) is 0. The summed E-state index contributed by atoms with van der Waals surface area (Å²) in [4.78, 5) is 27.8. The van der Waals surface area contributed by atoms with Gasteiger partial charge in [-0.25, -0.2) is 19.2 Å². The number of pyridine rings is 1. The fraction of sp³-hybridized carbons (Fsp3) is 0.100. The van der Waals surface area contributed by atoms with Crippen LogP contribution in [0.25, 0.3) is 22.3 Å². The molecule has 0 radical (unpaired) electrons. The molecule has 0 atom stereocenters. The number of rotatable bonds is 3. The van der Waals surface area contributed by atoms with E-state index in [1.807, 2.05) is 20.0 Å². The molecule has 0 aliphatic rings. The van der Waals surface area contributed by atoms with Crippen molar-refractivity contribution in [1.29, 1.82) is 0 Å². The van der Waals surface area contributed by atoms with Gasteiger partial charge < -0.3 is 15.6 Å². The standard InChI is InChI=1S/C20H17FN6O/c1-11-9-23-19-17(11)18(24-10-25-19)13-3-4-16(15(21)8-13)27-20(28)26-14-5-6-22-12(2)7-14/h3-10H,1-2H3,(H,23,24,25)(H2,22,26,27,28). The van der Waals surface area contributed by atoms with Gasteiger partial charge in [-0.05, 0) is 43.7 Å². The van der Waals surface area contributed by atoms with Crippen molar-refractivity contribution in [3.8, 4) is 11.3 Å². The number of halogens is 1. The minimum atomic E-state index is -0.557. The molecule has 0 fully saturated rings. The predicted molar refractivity (Wildman–Crippen MR) is 106 cm³/mol. The molecule has 0 saturated carbocycles. The summed E-state index contributed by atoms with van der Waals surface area (Å²) in [6.07, 6.45) is 4.86. The maximum Gasteiger partial charge on any atom is 0.323 e. The van der Waals surface area contributed by atoms with Crippen molar-refractivity contribution in [2.45, 2.75) is 13.8 Å². The summed E-state index contributed by atoms with van der Waals surface area (Å²) < 4.78 is 14.6. The number of H-pyrrole nitrogens is 1. The normalized spacial score (nSPS) is 10.8. The number of hydrogen-bond acceptors (Lipinski definition) is 4. The monoisotopic (exact) mass is 376 g/mol. The van der Waals surface area contributed by atoms with Gasteiger partial charge in [0.2, 0.25) is 0 Å². The molecule has 28 heavy (non-hydrogen) atoms. The number of aromatic nitrogens is 4. The van der Waals surface area contributed by atoms with Crippen LogP contribution in [0.2, 0.25) is 0 Å². The number of aryl methyl sites for hydroxylation is 2. The lowest BCUT2D eigenvalue weighted by Gasteiger charge is -2.10. The third kappa shape index (κ3) is 3.39. The topological polar surface area (TPSA) is 95.6 Å². The summed E-state index contributed by atoms with van der Waals surface area (Å²) in [6.45, 7) is 3.75. The maximum atomic E-state index is 14.6. The Balaban J connectivity index is 1.58. The molecule has 0 unspecified atom stereocenters. The highest BCUT2D eigenvalue weighted by atomic mass is 19.1. The molecule has 0 bridgehead atoms. The lowest BCUT2D eigenvalue weighted by molar-refractivity contribution is 0.262. The van der Waals surface area contributed by atoms with Gasteiger partial charge in [0.25, 0.3) is 0 Å². The van der Waals surface area contributed by atoms with E-state index >= 15 is 0 Å². The number of hydrogen-bond donors (Lipinski definition) is 3. The molecule has 0 aliphatic carbocycles. The summed E-state index contributed by atoms with van der Waals surface area (Å²) in [5.41, 5.74) is 4.31. The molecule has 2 amide bonds. The Kier molecular flexibility index (Phi) is 4.44. The van der Waals surface area contributed by atoms with Gasteiger partial charge in [0.15, 0.2) is 0 Å². The van der Waals surface area contributed by atoms with Crippen LogP contribution in [0.5, 0.6) is 0 Å². The van der Waals surface area contributed by atoms with E-state index in [1.54, 1.807) is 24.4 Å². The van der Waals surface area contributed by atoms with Gasteiger partial charge in [0.05, 0.1) is 11.4 Å². The number of anilines is 2. The first-order valence-electron chi connectivity index (χ1n) is 8.60. The molecule has 3 heterocycles. The number of carbonyl (C=O) groups excluding carboxylic acids is 1. The van der Waals surface area contributed by atoms with Crippen LogP contribution in [-0.4, -0.2) is 26.0 Å². The average Bonchev–Trinajstić information content (AvgIpc) is 3.05. The number of urea groups is 1. The molecule has 0 saturated heterocycles. The minimum Gasteiger partial charge on any atom is -0.346 e. The van der Waals surface area contributed by atoms with E-state index in [-0.39, 0.29) is 5.69 Å². The number of carbonyl (C=O) groups is 1. The summed E-state index contributed by atoms with van der Waals surface area (Å²) in [5, 5.41) is 6.01. The van der Waals surface area contributed by atoms with Crippen molar-refractivity contribution in [2.24, 2.45) is 0 Å². The van der Waals surface area contributed by atoms with Gasteiger partial charge in [-0.1, -0.05) is 6.07 Å². The second kappa shape index (κ2) is 7.07. The van der Waals surface area contributed by atoms with Crippen LogP contribution in [0.1, 0.15) is 11.3 Å². The molecular weight excluding hydrogens is 359 g/mol. The van der Waals surface area contributed by atoms with E-state index in [1.165, 1.54) is 18.5 Å². The second-order valence-electron chi connectivity index (χ2n) is 6.38. The van der Waals surface area contributed by atoms with Crippen LogP contribution in [0.15, 0.2) is 49.1 Å². The van der Waals surface area contributed by atoms with Crippen LogP contribution in [0.3, 0.4) is 0 Å². The van der Waals surface area contributed by atoms with Gasteiger partial charge in [-0.2, -0.15) is 0 Å². The Bertz CT molecular complexity index is 1190. The third-order valence-electron chi connectivity index (χ3n) is 4.31. The smallest absolute Gasteiger partial charge is 0.323 e. The second-order valence-corrected chi connectivity index (χ2v) is 6.38. The van der Waals surface area contributed by atoms with Gasteiger partial charge in [-0.15, -0.1) is 0 Å². The van der Waals surface area contributed by atoms with Crippen molar-refractivity contribution in [2.75, 3.05) is 10.6 Å². The minimum absolute atomic E-state index is 0.0723. The molecule has 0 spiro atoms. The van der Waals surface area contributed by atoms with Gasteiger partial charge >= 0.3 is 6.03 Å². The van der Waals surface area contributed by atoms with Crippen LogP contribution in [0.4, 0.5) is 20.6 Å². The first kappa shape index (κ1) is 17.6. The number of nitrogens with one attached hydrogen (secondary N) is 3. The van der Waals surface area contributed by atoms with Crippen LogP contribution in [0, 0.1) is 19.7 Å². The Morgan fingerprint density at radius 1 is 1.07 bits per heavy atom. The lowest BCUT2D eigenvalue weighted by Crippen LogP contribution is -2.20. The van der Waals surface area contributed by atoms with Gasteiger partial charge in [0, 0.05) is 34.7 Å². The lowest BCUT2D eigenvalue weighted by atomic mass is 10.1. The van der Waals surface area contributed by atoms with E-state index in [0.717, 1.165) is 16.6 Å². The number of aromatic amines is 1. The van der Waals surface area contributed by atoms with Crippen molar-refractivity contribution < 1.29 is 9.18 Å². The van der Waals surface area contributed by atoms with E-state index in [0.29, 0.717) is 22.6 Å². The van der Waals surface area contributed by atoms with Crippen molar-refractivity contribution in [3.63, 3.8) is 0 Å². The van der Waals surface area contributed by atoms with Crippen molar-refractivity contribution >= 4 is 28.4 Å². The molecule has 8 heteroatoms. The van der Waals surface area contributed by atoms with Gasteiger partial charge in [-0.3, -0.25) is 4.98 Å². The Hall–Kier alpha value is -3.81. The Morgan fingerprint density at radius 2 is 1.93 bits per heavy atom. The zero-order valence-corrected chi connectivity index (χ0v) is 15.2. The van der Waals surface area contributed by atoms with Crippen LogP contribution >= 0.6 is 0 Å². The largest absolute Gasteiger partial charge is 0.346 e. The number of nitrogens with zero attached hydrogens (tertiary/aromatic N) is 3. The molecular formula is C20H17FN6O. The molecule has 4 rings (SSSR count). The summed E-state index contributed by atoms with van der Waals surface area (Å²) >= 11 is 0. The predicted octanol–water partition coefficient (Wildman–Crippen LogP) is 4.42. The zero-order chi connectivity index (χ0) is 19.7. The molecule has 140 valence electrons.